The van der Waals surface area contributed by atoms with E-state index in [0.29, 0.717) is 0 Å². The zero-order valence-corrected chi connectivity index (χ0v) is 17.6. The van der Waals surface area contributed by atoms with E-state index in [0.717, 1.165) is 12.1 Å². The number of ether oxygens (including phenoxy) is 2. The van der Waals surface area contributed by atoms with Crippen molar-refractivity contribution in [2.24, 2.45) is 0 Å². The van der Waals surface area contributed by atoms with Crippen LogP contribution in [-0.4, -0.2) is 12.2 Å². The molecule has 0 unspecified atom stereocenters. The Labute approximate surface area is 193 Å². The third kappa shape index (κ3) is 5.36. The molecular weight excluding hydrogens is 442 g/mol. The van der Waals surface area contributed by atoms with Crippen LogP contribution in [0.25, 0.3) is 11.1 Å². The molecule has 8 heteroatoms. The lowest BCUT2D eigenvalue weighted by atomic mass is 10.0. The molecule has 0 aliphatic carbocycles. The van der Waals surface area contributed by atoms with Gasteiger partial charge in [0.15, 0.2) is 0 Å². The summed E-state index contributed by atoms with van der Waals surface area (Å²) >= 11 is 0. The van der Waals surface area contributed by atoms with Crippen molar-refractivity contribution in [1.82, 2.24) is 0 Å². The van der Waals surface area contributed by atoms with Crippen molar-refractivity contribution >= 4 is 23.6 Å². The third-order valence-electron chi connectivity index (χ3n) is 4.68. The maximum absolute atomic E-state index is 14.7. The predicted octanol–water partition coefficient (Wildman–Crippen LogP) is 6.85. The van der Waals surface area contributed by atoms with Crippen molar-refractivity contribution in [3.8, 4) is 22.6 Å². The van der Waals surface area contributed by atoms with Gasteiger partial charge in [-0.2, -0.15) is 0 Å². The van der Waals surface area contributed by atoms with Gasteiger partial charge in [0.2, 0.25) is 0 Å². The van der Waals surface area contributed by atoms with Crippen LogP contribution in [0.1, 0.15) is 0 Å². The van der Waals surface area contributed by atoms with E-state index in [1.165, 1.54) is 24.3 Å². The highest BCUT2D eigenvalue weighted by Crippen LogP contribution is 2.37. The first-order valence-corrected chi connectivity index (χ1v) is 10.2. The molecule has 4 rings (SSSR count). The largest absolute Gasteiger partial charge is 0.417 e. The molecule has 0 aromatic heterocycles. The highest BCUT2D eigenvalue weighted by atomic mass is 19.1. The number of amides is 2. The van der Waals surface area contributed by atoms with Crippen LogP contribution < -0.4 is 20.1 Å². The number of carbonyl (C=O) groups is 2. The number of hydrogen-bond donors (Lipinski definition) is 2. The van der Waals surface area contributed by atoms with Crippen LogP contribution in [-0.2, 0) is 0 Å². The van der Waals surface area contributed by atoms with Crippen LogP contribution in [0, 0.1) is 11.6 Å². The summed E-state index contributed by atoms with van der Waals surface area (Å²) in [7, 11) is 0. The highest BCUT2D eigenvalue weighted by molar-refractivity contribution is 5.98. The molecule has 2 N–H and O–H groups in total. The van der Waals surface area contributed by atoms with Gasteiger partial charge in [0.05, 0.1) is 11.4 Å². The van der Waals surface area contributed by atoms with Gasteiger partial charge in [-0.15, -0.1) is 0 Å². The fraction of sp³-hybridized carbons (Fsp3) is 0. The van der Waals surface area contributed by atoms with Crippen molar-refractivity contribution in [3.05, 3.63) is 109 Å². The summed E-state index contributed by atoms with van der Waals surface area (Å²) in [5.74, 6) is -1.03. The summed E-state index contributed by atoms with van der Waals surface area (Å²) in [6.45, 7) is 0. The molecule has 0 radical (unpaired) electrons. The number of halogens is 2. The van der Waals surface area contributed by atoms with E-state index < -0.39 is 23.8 Å². The Morgan fingerprint density at radius 3 is 1.29 bits per heavy atom. The molecule has 4 aromatic carbocycles. The molecule has 2 amide bonds. The normalized spacial score (nSPS) is 10.3. The van der Waals surface area contributed by atoms with Gasteiger partial charge in [-0.25, -0.2) is 18.4 Å². The van der Waals surface area contributed by atoms with E-state index >= 15 is 0 Å². The second-order valence-corrected chi connectivity index (χ2v) is 6.98. The smallest absolute Gasteiger partial charge is 0.410 e. The minimum absolute atomic E-state index is 0.125. The molecule has 0 spiro atoms. The minimum Gasteiger partial charge on any atom is -0.410 e. The average molecular weight is 460 g/mol. The van der Waals surface area contributed by atoms with Crippen molar-refractivity contribution in [1.29, 1.82) is 0 Å². The van der Waals surface area contributed by atoms with Gasteiger partial charge in [0.1, 0.15) is 23.1 Å². The number of benzene rings is 4. The summed E-state index contributed by atoms with van der Waals surface area (Å²) < 4.78 is 39.8. The summed E-state index contributed by atoms with van der Waals surface area (Å²) in [5.41, 5.74) is -0.235. The third-order valence-corrected chi connectivity index (χ3v) is 4.68. The molecule has 170 valence electrons. The molecule has 34 heavy (non-hydrogen) atoms. The molecule has 4 aromatic rings. The number of anilines is 2. The molecule has 0 atom stereocenters. The van der Waals surface area contributed by atoms with Crippen molar-refractivity contribution in [2.75, 3.05) is 10.6 Å². The van der Waals surface area contributed by atoms with Crippen LogP contribution in [0.4, 0.5) is 29.7 Å². The zero-order valence-electron chi connectivity index (χ0n) is 17.6. The maximum atomic E-state index is 14.7. The molecular formula is C26H18F2N2O4. The van der Waals surface area contributed by atoms with Crippen LogP contribution in [0.2, 0.25) is 0 Å². The Hall–Kier alpha value is -4.72. The number of hydrogen-bond acceptors (Lipinski definition) is 4. The van der Waals surface area contributed by atoms with Crippen molar-refractivity contribution < 1.29 is 27.8 Å². The van der Waals surface area contributed by atoms with Gasteiger partial charge >= 0.3 is 12.2 Å². The Bertz CT molecular complexity index is 1210. The predicted molar refractivity (Wildman–Crippen MR) is 124 cm³/mol. The SMILES string of the molecule is O=C(Nc1c(F)cccc1-c1cccc(F)c1NC(=O)Oc1ccccc1)Oc1ccccc1. The van der Waals surface area contributed by atoms with Crippen LogP contribution in [0.15, 0.2) is 97.1 Å². The fourth-order valence-electron chi connectivity index (χ4n) is 3.20. The van der Waals surface area contributed by atoms with E-state index in [9.17, 15) is 18.4 Å². The molecule has 6 nitrogen and oxygen atoms in total. The van der Waals surface area contributed by atoms with Crippen molar-refractivity contribution in [2.45, 2.75) is 0 Å². The summed E-state index contributed by atoms with van der Waals surface area (Å²) in [5, 5.41) is 4.73. The Morgan fingerprint density at radius 1 is 0.529 bits per heavy atom. The van der Waals surface area contributed by atoms with E-state index in [2.05, 4.69) is 10.6 Å². The second kappa shape index (κ2) is 10.3. The number of nitrogens with one attached hydrogen (secondary N) is 2. The number of carbonyl (C=O) groups excluding carboxylic acids is 2. The summed E-state index contributed by atoms with van der Waals surface area (Å²) in [6, 6.07) is 24.5. The van der Waals surface area contributed by atoms with E-state index in [1.54, 1.807) is 60.7 Å². The summed E-state index contributed by atoms with van der Waals surface area (Å²) in [6.07, 6.45) is -1.88. The van der Waals surface area contributed by atoms with Gasteiger partial charge in [-0.3, -0.25) is 10.6 Å². The van der Waals surface area contributed by atoms with Gasteiger partial charge in [-0.1, -0.05) is 60.7 Å². The lowest BCUT2D eigenvalue weighted by Gasteiger charge is -2.16. The number of rotatable bonds is 5. The summed E-state index contributed by atoms with van der Waals surface area (Å²) in [4.78, 5) is 24.8. The van der Waals surface area contributed by atoms with Crippen LogP contribution in [0.3, 0.4) is 0 Å². The monoisotopic (exact) mass is 460 g/mol. The standard InChI is InChI=1S/C26H18F2N2O4/c27-21-15-7-13-19(23(21)29-25(31)33-17-9-3-1-4-10-17)20-14-8-16-22(28)24(20)30-26(32)34-18-11-5-2-6-12-18/h1-16H,(H,29,31)(H,30,32). The lowest BCUT2D eigenvalue weighted by Crippen LogP contribution is -2.19. The second-order valence-electron chi connectivity index (χ2n) is 6.98. The first-order valence-electron chi connectivity index (χ1n) is 10.2. The molecule has 0 saturated carbocycles. The van der Waals surface area contributed by atoms with Gasteiger partial charge in [0.25, 0.3) is 0 Å². The van der Waals surface area contributed by atoms with Crippen LogP contribution in [0.5, 0.6) is 11.5 Å². The molecule has 0 heterocycles. The Kier molecular flexibility index (Phi) is 6.78. The first kappa shape index (κ1) is 22.5. The zero-order chi connectivity index (χ0) is 23.9. The van der Waals surface area contributed by atoms with Gasteiger partial charge in [-0.05, 0) is 36.4 Å². The highest BCUT2D eigenvalue weighted by Gasteiger charge is 2.20. The molecule has 0 aliphatic heterocycles. The maximum Gasteiger partial charge on any atom is 0.417 e. The Morgan fingerprint density at radius 2 is 0.912 bits per heavy atom. The topological polar surface area (TPSA) is 76.7 Å². The lowest BCUT2D eigenvalue weighted by molar-refractivity contribution is 0.214. The van der Waals surface area contributed by atoms with E-state index in [1.807, 2.05) is 0 Å². The number of para-hydroxylation sites is 4. The fourth-order valence-corrected chi connectivity index (χ4v) is 3.20. The average Bonchev–Trinajstić information content (AvgIpc) is 2.83. The Balaban J connectivity index is 1.63. The molecule has 0 aliphatic rings. The van der Waals surface area contributed by atoms with Gasteiger partial charge in [0, 0.05) is 11.1 Å². The van der Waals surface area contributed by atoms with E-state index in [-0.39, 0.29) is 34.0 Å². The quantitative estimate of drug-likeness (QED) is 0.341. The molecule has 0 saturated heterocycles. The molecule has 0 bridgehead atoms. The molecule has 0 fully saturated rings. The van der Waals surface area contributed by atoms with Crippen molar-refractivity contribution in [3.63, 3.8) is 0 Å². The van der Waals surface area contributed by atoms with Gasteiger partial charge < -0.3 is 9.47 Å². The minimum atomic E-state index is -0.938. The van der Waals surface area contributed by atoms with Crippen LogP contribution >= 0.6 is 0 Å². The van der Waals surface area contributed by atoms with E-state index in [4.69, 9.17) is 9.47 Å². The first-order chi connectivity index (χ1) is 16.5.